The molecule has 7 nitrogen and oxygen atoms in total. The number of pyridine rings is 1. The summed E-state index contributed by atoms with van der Waals surface area (Å²) >= 11 is 0. The van der Waals surface area contributed by atoms with Gasteiger partial charge in [0, 0.05) is 16.8 Å². The highest BCUT2D eigenvalue weighted by Gasteiger charge is 2.56. The average molecular weight is 443 g/mol. The second kappa shape index (κ2) is 8.07. The van der Waals surface area contributed by atoms with Gasteiger partial charge in [-0.2, -0.15) is 8.78 Å². The summed E-state index contributed by atoms with van der Waals surface area (Å²) in [7, 11) is 0. The van der Waals surface area contributed by atoms with Gasteiger partial charge in [-0.05, 0) is 38.1 Å². The second-order valence-corrected chi connectivity index (χ2v) is 7.39. The number of halogens is 3. The summed E-state index contributed by atoms with van der Waals surface area (Å²) in [6, 6.07) is 5.50. The van der Waals surface area contributed by atoms with Gasteiger partial charge in [-0.1, -0.05) is 5.92 Å². The lowest BCUT2D eigenvalue weighted by Crippen LogP contribution is -2.51. The van der Waals surface area contributed by atoms with Crippen LogP contribution in [0.3, 0.4) is 0 Å². The zero-order chi connectivity index (χ0) is 22.9. The first kappa shape index (κ1) is 21.5. The van der Waals surface area contributed by atoms with Crippen molar-refractivity contribution >= 4 is 17.5 Å². The number of rotatable bonds is 4. The maximum absolute atomic E-state index is 14.9. The lowest BCUT2D eigenvalue weighted by atomic mass is 9.84. The Morgan fingerprint density at radius 2 is 2.12 bits per heavy atom. The Kier molecular flexibility index (Phi) is 5.42. The molecule has 0 saturated heterocycles. The summed E-state index contributed by atoms with van der Waals surface area (Å²) in [4.78, 5) is 12.5. The summed E-state index contributed by atoms with van der Waals surface area (Å²) in [6.07, 6.45) is 1.53. The number of hydrogen-bond acceptors (Lipinski definition) is 7. The van der Waals surface area contributed by atoms with Crippen LogP contribution in [0, 0.1) is 17.7 Å². The number of amidine groups is 2. The van der Waals surface area contributed by atoms with E-state index in [2.05, 4.69) is 36.9 Å². The molecule has 0 radical (unpaired) electrons. The monoisotopic (exact) mass is 443 g/mol. The van der Waals surface area contributed by atoms with Gasteiger partial charge >= 0.3 is 5.92 Å². The van der Waals surface area contributed by atoms with Crippen LogP contribution in [0.25, 0.3) is 0 Å². The van der Waals surface area contributed by atoms with Gasteiger partial charge in [-0.15, -0.1) is 5.92 Å². The van der Waals surface area contributed by atoms with Crippen molar-refractivity contribution in [3.8, 4) is 17.6 Å². The maximum Gasteiger partial charge on any atom is 0.310 e. The number of nitrogens with two attached hydrogens (primary N) is 1. The first-order chi connectivity index (χ1) is 15.2. The zero-order valence-corrected chi connectivity index (χ0v) is 17.4. The molecule has 0 spiro atoms. The minimum absolute atomic E-state index is 0.155. The van der Waals surface area contributed by atoms with Crippen LogP contribution in [0.5, 0.6) is 5.75 Å². The van der Waals surface area contributed by atoms with Crippen molar-refractivity contribution < 1.29 is 22.6 Å². The molecule has 166 valence electrons. The van der Waals surface area contributed by atoms with Gasteiger partial charge in [0.25, 0.3) is 6.02 Å². The number of nitrogens with one attached hydrogen (secondary N) is 1. The molecule has 0 aliphatic carbocycles. The SMILES string of the molecule is CC#CCOc1ccc(C2=NCc3cc(F)c(C4(C)N=C(N)OCC4(F)F)cc3N2)nc1. The summed E-state index contributed by atoms with van der Waals surface area (Å²) in [5, 5.41) is 3.05. The van der Waals surface area contributed by atoms with Gasteiger partial charge in [-0.3, -0.25) is 4.99 Å². The Labute approximate surface area is 182 Å². The third kappa shape index (κ3) is 3.82. The van der Waals surface area contributed by atoms with Crippen LogP contribution in [0.1, 0.15) is 30.7 Å². The van der Waals surface area contributed by atoms with E-state index < -0.39 is 29.9 Å². The number of aromatic nitrogens is 1. The van der Waals surface area contributed by atoms with Crippen molar-refractivity contribution in [2.75, 3.05) is 18.5 Å². The molecule has 2 aliphatic heterocycles. The van der Waals surface area contributed by atoms with E-state index in [0.29, 0.717) is 28.5 Å². The molecule has 1 unspecified atom stereocenters. The highest BCUT2D eigenvalue weighted by Crippen LogP contribution is 2.45. The van der Waals surface area contributed by atoms with Crippen LogP contribution in [0.2, 0.25) is 0 Å². The lowest BCUT2D eigenvalue weighted by Gasteiger charge is -2.38. The van der Waals surface area contributed by atoms with Crippen molar-refractivity contribution in [2.24, 2.45) is 15.7 Å². The van der Waals surface area contributed by atoms with Gasteiger partial charge < -0.3 is 20.5 Å². The predicted molar refractivity (Wildman–Crippen MR) is 113 cm³/mol. The Balaban J connectivity index is 1.63. The molecule has 0 saturated carbocycles. The number of hydrogen-bond donors (Lipinski definition) is 2. The van der Waals surface area contributed by atoms with Crippen molar-refractivity contribution in [3.05, 3.63) is 53.1 Å². The Hall–Kier alpha value is -3.74. The summed E-state index contributed by atoms with van der Waals surface area (Å²) in [5.41, 5.74) is 4.47. The third-order valence-electron chi connectivity index (χ3n) is 5.29. The zero-order valence-electron chi connectivity index (χ0n) is 17.4. The Bertz CT molecular complexity index is 1170. The van der Waals surface area contributed by atoms with Crippen LogP contribution >= 0.6 is 0 Å². The second-order valence-electron chi connectivity index (χ2n) is 7.39. The number of anilines is 1. The van der Waals surface area contributed by atoms with Gasteiger partial charge in [0.15, 0.2) is 18.0 Å². The first-order valence-corrected chi connectivity index (χ1v) is 9.72. The molecular formula is C22H20F3N5O2. The molecule has 1 atom stereocenters. The Morgan fingerprint density at radius 1 is 1.31 bits per heavy atom. The molecule has 32 heavy (non-hydrogen) atoms. The standard InChI is InChI=1S/C22H20F3N5O2/c1-3-4-7-31-14-5-6-17(27-11-14)19-28-10-13-8-16(23)15(9-18(13)29-19)21(2)22(24,25)12-32-20(26)30-21/h5-6,8-9,11H,7,10,12H2,1-2H3,(H2,26,30)(H,28,29). The van der Waals surface area contributed by atoms with Crippen LogP contribution in [0.4, 0.5) is 18.9 Å². The highest BCUT2D eigenvalue weighted by molar-refractivity contribution is 6.08. The van der Waals surface area contributed by atoms with Gasteiger partial charge in [0.2, 0.25) is 0 Å². The first-order valence-electron chi connectivity index (χ1n) is 9.72. The maximum atomic E-state index is 14.9. The number of nitrogens with zero attached hydrogens (tertiary/aromatic N) is 3. The van der Waals surface area contributed by atoms with Gasteiger partial charge in [-0.25, -0.2) is 14.4 Å². The van der Waals surface area contributed by atoms with E-state index in [0.717, 1.165) is 6.92 Å². The van der Waals surface area contributed by atoms with E-state index in [1.54, 1.807) is 19.1 Å². The summed E-state index contributed by atoms with van der Waals surface area (Å²) < 4.78 is 54.4. The fraction of sp³-hybridized carbons (Fsp3) is 0.318. The number of aliphatic imine (C=N–C) groups is 2. The van der Waals surface area contributed by atoms with Gasteiger partial charge in [0.05, 0.1) is 12.7 Å². The van der Waals surface area contributed by atoms with E-state index >= 15 is 0 Å². The van der Waals surface area contributed by atoms with E-state index in [4.69, 9.17) is 10.5 Å². The highest BCUT2D eigenvalue weighted by atomic mass is 19.3. The number of ether oxygens (including phenoxy) is 2. The molecule has 1 aromatic carbocycles. The average Bonchev–Trinajstić information content (AvgIpc) is 2.77. The smallest absolute Gasteiger partial charge is 0.310 e. The van der Waals surface area contributed by atoms with Crippen LogP contribution in [-0.4, -0.2) is 36.0 Å². The van der Waals surface area contributed by atoms with E-state index in [-0.39, 0.29) is 18.7 Å². The molecule has 2 aliphatic rings. The minimum atomic E-state index is -3.46. The molecule has 0 bridgehead atoms. The summed E-state index contributed by atoms with van der Waals surface area (Å²) in [5.74, 6) is 2.20. The molecule has 0 amide bonds. The number of fused-ring (bicyclic) bond motifs is 1. The van der Waals surface area contributed by atoms with E-state index in [9.17, 15) is 13.2 Å². The fourth-order valence-electron chi connectivity index (χ4n) is 3.41. The van der Waals surface area contributed by atoms with Crippen molar-refractivity contribution in [1.29, 1.82) is 0 Å². The van der Waals surface area contributed by atoms with E-state index in [1.165, 1.54) is 18.3 Å². The van der Waals surface area contributed by atoms with Crippen molar-refractivity contribution in [1.82, 2.24) is 4.98 Å². The molecular weight excluding hydrogens is 423 g/mol. The molecule has 10 heteroatoms. The van der Waals surface area contributed by atoms with Crippen LogP contribution in [-0.2, 0) is 16.8 Å². The van der Waals surface area contributed by atoms with Gasteiger partial charge in [0.1, 0.15) is 23.9 Å². The quantitative estimate of drug-likeness (QED) is 0.708. The van der Waals surface area contributed by atoms with Crippen LogP contribution < -0.4 is 15.8 Å². The topological polar surface area (TPSA) is 94.1 Å². The molecule has 4 rings (SSSR count). The summed E-state index contributed by atoms with van der Waals surface area (Å²) in [6.45, 7) is 2.27. The minimum Gasteiger partial charge on any atom is -0.479 e. The number of alkyl halides is 2. The third-order valence-corrected chi connectivity index (χ3v) is 5.29. The largest absolute Gasteiger partial charge is 0.479 e. The van der Waals surface area contributed by atoms with Crippen molar-refractivity contribution in [2.45, 2.75) is 31.9 Å². The normalized spacial score (nSPS) is 21.0. The molecule has 3 N–H and O–H groups in total. The predicted octanol–water partition coefficient (Wildman–Crippen LogP) is 3.19. The molecule has 2 aromatic rings. The fourth-order valence-corrected chi connectivity index (χ4v) is 3.41. The number of benzene rings is 1. The molecule has 3 heterocycles. The molecule has 1 aromatic heterocycles. The Morgan fingerprint density at radius 3 is 2.84 bits per heavy atom. The van der Waals surface area contributed by atoms with Crippen LogP contribution in [0.15, 0.2) is 40.4 Å². The molecule has 0 fully saturated rings. The lowest BCUT2D eigenvalue weighted by molar-refractivity contribution is -0.117. The van der Waals surface area contributed by atoms with Crippen molar-refractivity contribution in [3.63, 3.8) is 0 Å². The van der Waals surface area contributed by atoms with E-state index in [1.807, 2.05) is 0 Å².